The Morgan fingerprint density at radius 3 is 2.89 bits per heavy atom. The zero-order valence-electron chi connectivity index (χ0n) is 15.4. The molecule has 28 heavy (non-hydrogen) atoms. The number of fused-ring (bicyclic) bond motifs is 2. The predicted molar refractivity (Wildman–Crippen MR) is 102 cm³/mol. The number of ether oxygens (including phenoxy) is 1. The Bertz CT molecular complexity index is 1010. The van der Waals surface area contributed by atoms with Crippen LogP contribution < -0.4 is 15.5 Å². The highest BCUT2D eigenvalue weighted by molar-refractivity contribution is 5.96. The quantitative estimate of drug-likeness (QED) is 0.399. The monoisotopic (exact) mass is 382 g/mol. The van der Waals surface area contributed by atoms with Crippen molar-refractivity contribution in [2.45, 2.75) is 31.5 Å². The van der Waals surface area contributed by atoms with Gasteiger partial charge in [-0.05, 0) is 60.2 Å². The maximum absolute atomic E-state index is 12.7. The third kappa shape index (κ3) is 3.47. The van der Waals surface area contributed by atoms with Gasteiger partial charge in [0.25, 0.3) is 5.91 Å². The highest BCUT2D eigenvalue weighted by Crippen LogP contribution is 2.32. The van der Waals surface area contributed by atoms with E-state index in [2.05, 4.69) is 5.32 Å². The molecule has 0 aliphatic heterocycles. The minimum absolute atomic E-state index is 0.132. The average Bonchev–Trinajstić information content (AvgIpc) is 3.16. The molecular weight excluding hydrogens is 360 g/mol. The fourth-order valence-electron chi connectivity index (χ4n) is 3.72. The molecule has 0 bridgehead atoms. The van der Waals surface area contributed by atoms with Crippen LogP contribution in [0.25, 0.3) is 11.0 Å². The SMILES string of the molecule is COc1ccc2oc(C(=O)NC3CCCc4cc(C(O)NO)ccc43)cc2c1. The second-order valence-corrected chi connectivity index (χ2v) is 6.92. The lowest BCUT2D eigenvalue weighted by Gasteiger charge is -2.27. The minimum atomic E-state index is -1.13. The molecule has 7 nitrogen and oxygen atoms in total. The molecule has 2 aromatic carbocycles. The molecule has 4 rings (SSSR count). The number of aliphatic hydroxyl groups is 1. The van der Waals surface area contributed by atoms with Crippen LogP contribution in [0.5, 0.6) is 5.75 Å². The summed E-state index contributed by atoms with van der Waals surface area (Å²) in [6, 6.07) is 12.5. The fourth-order valence-corrected chi connectivity index (χ4v) is 3.72. The molecular formula is C21H22N2O5. The van der Waals surface area contributed by atoms with E-state index < -0.39 is 6.23 Å². The molecule has 1 aromatic heterocycles. The number of carbonyl (C=O) groups is 1. The van der Waals surface area contributed by atoms with Gasteiger partial charge in [-0.25, -0.2) is 0 Å². The van der Waals surface area contributed by atoms with Crippen molar-refractivity contribution in [1.29, 1.82) is 0 Å². The van der Waals surface area contributed by atoms with Gasteiger partial charge in [0.05, 0.1) is 13.2 Å². The van der Waals surface area contributed by atoms with E-state index in [1.807, 2.05) is 23.7 Å². The Balaban J connectivity index is 1.56. The van der Waals surface area contributed by atoms with Crippen LogP contribution in [0.15, 0.2) is 46.9 Å². The number of rotatable bonds is 5. The molecule has 1 aliphatic carbocycles. The van der Waals surface area contributed by atoms with E-state index >= 15 is 0 Å². The molecule has 146 valence electrons. The van der Waals surface area contributed by atoms with E-state index in [1.165, 1.54) is 0 Å². The largest absolute Gasteiger partial charge is 0.497 e. The predicted octanol–water partition coefficient (Wildman–Crippen LogP) is 3.22. The summed E-state index contributed by atoms with van der Waals surface area (Å²) in [6.07, 6.45) is 1.47. The van der Waals surface area contributed by atoms with E-state index in [1.54, 1.807) is 31.4 Å². The van der Waals surface area contributed by atoms with Gasteiger partial charge in [0.15, 0.2) is 12.0 Å². The van der Waals surface area contributed by atoms with Gasteiger partial charge in [0.2, 0.25) is 0 Å². The third-order valence-electron chi connectivity index (χ3n) is 5.17. The normalized spacial score (nSPS) is 17.2. The van der Waals surface area contributed by atoms with Crippen molar-refractivity contribution in [3.63, 3.8) is 0 Å². The molecule has 2 atom stereocenters. The highest BCUT2D eigenvalue weighted by atomic mass is 16.5. The van der Waals surface area contributed by atoms with Gasteiger partial charge in [0, 0.05) is 5.39 Å². The first-order valence-electron chi connectivity index (χ1n) is 9.18. The molecule has 1 amide bonds. The van der Waals surface area contributed by atoms with Crippen molar-refractivity contribution in [3.8, 4) is 5.75 Å². The second-order valence-electron chi connectivity index (χ2n) is 6.92. The standard InChI is InChI=1S/C21H22N2O5/c1-27-15-6-8-18-14(10-15)11-19(28-18)21(25)22-17-4-2-3-12-9-13(20(24)23-26)5-7-16(12)17/h5-11,17,20,23-24,26H,2-4H2,1H3,(H,22,25). The van der Waals surface area contributed by atoms with Crippen LogP contribution in [0.3, 0.4) is 0 Å². The van der Waals surface area contributed by atoms with Crippen LogP contribution in [0, 0.1) is 0 Å². The van der Waals surface area contributed by atoms with Gasteiger partial charge in [-0.2, -0.15) is 5.48 Å². The first-order valence-corrected chi connectivity index (χ1v) is 9.18. The summed E-state index contributed by atoms with van der Waals surface area (Å²) in [7, 11) is 1.59. The van der Waals surface area contributed by atoms with Gasteiger partial charge < -0.3 is 24.8 Å². The summed E-state index contributed by atoms with van der Waals surface area (Å²) in [6.45, 7) is 0. The topological polar surface area (TPSA) is 104 Å². The highest BCUT2D eigenvalue weighted by Gasteiger charge is 2.24. The van der Waals surface area contributed by atoms with Crippen LogP contribution >= 0.6 is 0 Å². The maximum Gasteiger partial charge on any atom is 0.287 e. The van der Waals surface area contributed by atoms with Crippen LogP contribution in [0.4, 0.5) is 0 Å². The molecule has 0 radical (unpaired) electrons. The minimum Gasteiger partial charge on any atom is -0.497 e. The average molecular weight is 382 g/mol. The van der Waals surface area contributed by atoms with Gasteiger partial charge in [0.1, 0.15) is 11.3 Å². The van der Waals surface area contributed by atoms with E-state index in [9.17, 15) is 9.90 Å². The number of carbonyl (C=O) groups excluding carboxylic acids is 1. The molecule has 0 fully saturated rings. The molecule has 0 saturated heterocycles. The Morgan fingerprint density at radius 1 is 1.25 bits per heavy atom. The number of furan rings is 1. The first kappa shape index (κ1) is 18.5. The Morgan fingerprint density at radius 2 is 2.11 bits per heavy atom. The summed E-state index contributed by atoms with van der Waals surface area (Å²) in [4.78, 5) is 12.7. The van der Waals surface area contributed by atoms with Crippen molar-refractivity contribution in [3.05, 3.63) is 64.9 Å². The zero-order chi connectivity index (χ0) is 19.7. The molecule has 7 heteroatoms. The van der Waals surface area contributed by atoms with Crippen LogP contribution in [0.2, 0.25) is 0 Å². The molecule has 0 saturated carbocycles. The lowest BCUT2D eigenvalue weighted by molar-refractivity contribution is 0.000634. The van der Waals surface area contributed by atoms with Gasteiger partial charge in [-0.15, -0.1) is 0 Å². The number of hydroxylamine groups is 1. The number of amides is 1. The number of methoxy groups -OCH3 is 1. The lowest BCUT2D eigenvalue weighted by Crippen LogP contribution is -2.31. The number of nitrogens with one attached hydrogen (secondary N) is 2. The van der Waals surface area contributed by atoms with Gasteiger partial charge in [-0.3, -0.25) is 4.79 Å². The summed E-state index contributed by atoms with van der Waals surface area (Å²) in [5.41, 5.74) is 5.12. The second kappa shape index (κ2) is 7.63. The zero-order valence-corrected chi connectivity index (χ0v) is 15.4. The van der Waals surface area contributed by atoms with Gasteiger partial charge >= 0.3 is 0 Å². The van der Waals surface area contributed by atoms with E-state index in [0.29, 0.717) is 16.9 Å². The smallest absolute Gasteiger partial charge is 0.287 e. The summed E-state index contributed by atoms with van der Waals surface area (Å²) < 4.78 is 10.9. The maximum atomic E-state index is 12.7. The van der Waals surface area contributed by atoms with Crippen molar-refractivity contribution >= 4 is 16.9 Å². The molecule has 1 heterocycles. The van der Waals surface area contributed by atoms with E-state index in [0.717, 1.165) is 35.8 Å². The summed E-state index contributed by atoms with van der Waals surface area (Å²) >= 11 is 0. The number of aliphatic hydroxyl groups excluding tert-OH is 1. The molecule has 1 aliphatic rings. The van der Waals surface area contributed by atoms with Crippen LogP contribution in [-0.4, -0.2) is 23.3 Å². The third-order valence-corrected chi connectivity index (χ3v) is 5.17. The molecule has 3 aromatic rings. The van der Waals surface area contributed by atoms with Gasteiger partial charge in [-0.1, -0.05) is 18.2 Å². The van der Waals surface area contributed by atoms with Crippen molar-refractivity contribution in [2.24, 2.45) is 0 Å². The summed E-state index contributed by atoms with van der Waals surface area (Å²) in [5, 5.41) is 22.5. The van der Waals surface area contributed by atoms with E-state index in [-0.39, 0.29) is 17.7 Å². The van der Waals surface area contributed by atoms with Crippen molar-refractivity contribution in [2.75, 3.05) is 7.11 Å². The Kier molecular flexibility index (Phi) is 5.04. The Hall–Kier alpha value is -2.87. The number of benzene rings is 2. The van der Waals surface area contributed by atoms with Crippen LogP contribution in [-0.2, 0) is 6.42 Å². The fraction of sp³-hybridized carbons (Fsp3) is 0.286. The first-order chi connectivity index (χ1) is 13.6. The summed E-state index contributed by atoms with van der Waals surface area (Å²) in [5.74, 6) is 0.692. The Labute approximate surface area is 161 Å². The number of hydrogen-bond acceptors (Lipinski definition) is 6. The molecule has 0 spiro atoms. The number of hydrogen-bond donors (Lipinski definition) is 4. The van der Waals surface area contributed by atoms with Crippen LogP contribution in [0.1, 0.15) is 52.4 Å². The lowest BCUT2D eigenvalue weighted by atomic mass is 9.86. The number of aryl methyl sites for hydroxylation is 1. The molecule has 4 N–H and O–H groups in total. The molecule has 2 unspecified atom stereocenters. The van der Waals surface area contributed by atoms with Crippen molar-refractivity contribution < 1.29 is 24.3 Å². The van der Waals surface area contributed by atoms with Crippen molar-refractivity contribution in [1.82, 2.24) is 10.8 Å². The van der Waals surface area contributed by atoms with E-state index in [4.69, 9.17) is 14.4 Å².